The highest BCUT2D eigenvalue weighted by Crippen LogP contribution is 2.42. The molecule has 1 aliphatic carbocycles. The maximum atomic E-state index is 5.55. The van der Waals surface area contributed by atoms with Crippen LogP contribution < -0.4 is 14.8 Å². The van der Waals surface area contributed by atoms with Crippen molar-refractivity contribution >= 4 is 0 Å². The molecule has 0 radical (unpaired) electrons. The quantitative estimate of drug-likeness (QED) is 0.883. The number of nitrogens with one attached hydrogen (secondary N) is 1. The van der Waals surface area contributed by atoms with Gasteiger partial charge in [0.25, 0.3) is 0 Å². The zero-order valence-electron chi connectivity index (χ0n) is 12.4. The van der Waals surface area contributed by atoms with Gasteiger partial charge >= 0.3 is 0 Å². The molecule has 1 saturated carbocycles. The monoisotopic (exact) mass is 263 g/mol. The highest BCUT2D eigenvalue weighted by atomic mass is 16.5. The topological polar surface area (TPSA) is 30.5 Å². The Morgan fingerprint density at radius 3 is 2.53 bits per heavy atom. The fourth-order valence-corrected chi connectivity index (χ4v) is 3.34. The summed E-state index contributed by atoms with van der Waals surface area (Å²) >= 11 is 0. The summed E-state index contributed by atoms with van der Waals surface area (Å²) in [6, 6.07) is 6.48. The van der Waals surface area contributed by atoms with Crippen molar-refractivity contribution < 1.29 is 9.47 Å². The number of methoxy groups -OCH3 is 2. The van der Waals surface area contributed by atoms with E-state index in [-0.39, 0.29) is 0 Å². The van der Waals surface area contributed by atoms with E-state index in [0.717, 1.165) is 17.4 Å². The third-order valence-electron chi connectivity index (χ3n) is 4.44. The maximum absolute atomic E-state index is 5.55. The summed E-state index contributed by atoms with van der Waals surface area (Å²) in [6.07, 6.45) is 3.96. The largest absolute Gasteiger partial charge is 0.497 e. The molecule has 1 aromatic carbocycles. The lowest BCUT2D eigenvalue weighted by Crippen LogP contribution is -2.27. The zero-order chi connectivity index (χ0) is 13.8. The van der Waals surface area contributed by atoms with Gasteiger partial charge in [0.05, 0.1) is 14.2 Å². The smallest absolute Gasteiger partial charge is 0.127 e. The minimum absolute atomic E-state index is 0.360. The standard InChI is InChI=1S/C16H25NO2/c1-11-6-5-7-13(11)16(17-2)14-9-8-12(18-3)10-15(14)19-4/h8-11,13,16-17H,5-7H2,1-4H3. The molecule has 1 aliphatic rings. The van der Waals surface area contributed by atoms with Gasteiger partial charge in [-0.25, -0.2) is 0 Å². The third-order valence-corrected chi connectivity index (χ3v) is 4.44. The van der Waals surface area contributed by atoms with E-state index >= 15 is 0 Å². The second-order valence-electron chi connectivity index (χ2n) is 5.45. The molecule has 0 spiro atoms. The molecule has 0 saturated heterocycles. The van der Waals surface area contributed by atoms with Crippen LogP contribution >= 0.6 is 0 Å². The molecule has 3 unspecified atom stereocenters. The van der Waals surface area contributed by atoms with E-state index in [9.17, 15) is 0 Å². The average molecular weight is 263 g/mol. The first-order valence-electron chi connectivity index (χ1n) is 7.10. The molecule has 3 heteroatoms. The molecule has 1 aromatic rings. The third kappa shape index (κ3) is 2.86. The van der Waals surface area contributed by atoms with Gasteiger partial charge in [-0.3, -0.25) is 0 Å². The number of ether oxygens (including phenoxy) is 2. The van der Waals surface area contributed by atoms with Crippen molar-refractivity contribution in [3.05, 3.63) is 23.8 Å². The minimum Gasteiger partial charge on any atom is -0.497 e. The Bertz CT molecular complexity index is 419. The second-order valence-corrected chi connectivity index (χ2v) is 5.45. The fourth-order valence-electron chi connectivity index (χ4n) is 3.34. The minimum atomic E-state index is 0.360. The van der Waals surface area contributed by atoms with Crippen LogP contribution in [0.1, 0.15) is 37.8 Å². The predicted molar refractivity (Wildman–Crippen MR) is 77.9 cm³/mol. The predicted octanol–water partition coefficient (Wildman–Crippen LogP) is 3.40. The van der Waals surface area contributed by atoms with Crippen molar-refractivity contribution in [3.63, 3.8) is 0 Å². The van der Waals surface area contributed by atoms with Gasteiger partial charge in [0, 0.05) is 17.7 Å². The van der Waals surface area contributed by atoms with Gasteiger partial charge in [0.15, 0.2) is 0 Å². The van der Waals surface area contributed by atoms with Crippen LogP contribution in [0.3, 0.4) is 0 Å². The molecule has 0 aromatic heterocycles. The van der Waals surface area contributed by atoms with Crippen LogP contribution in [0.25, 0.3) is 0 Å². The zero-order valence-corrected chi connectivity index (χ0v) is 12.4. The molecule has 0 bridgehead atoms. The summed E-state index contributed by atoms with van der Waals surface area (Å²) in [7, 11) is 5.45. The first-order valence-corrected chi connectivity index (χ1v) is 7.10. The summed E-state index contributed by atoms with van der Waals surface area (Å²) in [5, 5.41) is 3.48. The molecule has 1 fully saturated rings. The van der Waals surface area contributed by atoms with Gasteiger partial charge in [-0.05, 0) is 31.4 Å². The molecule has 0 heterocycles. The highest BCUT2D eigenvalue weighted by Gasteiger charge is 2.32. The van der Waals surface area contributed by atoms with Crippen LogP contribution in [0.4, 0.5) is 0 Å². The molecule has 19 heavy (non-hydrogen) atoms. The number of benzene rings is 1. The van der Waals surface area contributed by atoms with E-state index in [1.807, 2.05) is 19.2 Å². The Balaban J connectivity index is 2.31. The molecular weight excluding hydrogens is 238 g/mol. The molecule has 1 N–H and O–H groups in total. The molecular formula is C16H25NO2. The normalized spacial score (nSPS) is 24.2. The van der Waals surface area contributed by atoms with Crippen molar-refractivity contribution in [3.8, 4) is 11.5 Å². The van der Waals surface area contributed by atoms with E-state index in [1.165, 1.54) is 24.8 Å². The molecule has 3 nitrogen and oxygen atoms in total. The second kappa shape index (κ2) is 6.29. The van der Waals surface area contributed by atoms with Crippen molar-refractivity contribution in [1.82, 2.24) is 5.32 Å². The van der Waals surface area contributed by atoms with Crippen LogP contribution in [-0.4, -0.2) is 21.3 Å². The Morgan fingerprint density at radius 1 is 1.21 bits per heavy atom. The Morgan fingerprint density at radius 2 is 2.00 bits per heavy atom. The Labute approximate surface area is 116 Å². The van der Waals surface area contributed by atoms with E-state index in [4.69, 9.17) is 9.47 Å². The van der Waals surface area contributed by atoms with Crippen molar-refractivity contribution in [2.45, 2.75) is 32.2 Å². The number of hydrogen-bond donors (Lipinski definition) is 1. The van der Waals surface area contributed by atoms with Gasteiger partial charge in [0.1, 0.15) is 11.5 Å². The van der Waals surface area contributed by atoms with Gasteiger partial charge in [0.2, 0.25) is 0 Å². The van der Waals surface area contributed by atoms with Crippen LogP contribution in [0.15, 0.2) is 18.2 Å². The van der Waals surface area contributed by atoms with Crippen LogP contribution in [0.5, 0.6) is 11.5 Å². The SMILES string of the molecule is CNC(c1ccc(OC)cc1OC)C1CCCC1C. The average Bonchev–Trinajstić information content (AvgIpc) is 2.86. The summed E-state index contributed by atoms with van der Waals surface area (Å²) in [5.41, 5.74) is 1.24. The van der Waals surface area contributed by atoms with Gasteiger partial charge in [-0.1, -0.05) is 25.8 Å². The van der Waals surface area contributed by atoms with Gasteiger partial charge in [-0.2, -0.15) is 0 Å². The first kappa shape index (κ1) is 14.2. The molecule has 0 aliphatic heterocycles. The number of rotatable bonds is 5. The van der Waals surface area contributed by atoms with E-state index < -0.39 is 0 Å². The lowest BCUT2D eigenvalue weighted by atomic mass is 9.85. The summed E-state index contributed by atoms with van der Waals surface area (Å²) in [5.74, 6) is 3.21. The number of hydrogen-bond acceptors (Lipinski definition) is 3. The molecule has 0 amide bonds. The summed E-state index contributed by atoms with van der Waals surface area (Å²) in [6.45, 7) is 2.36. The maximum Gasteiger partial charge on any atom is 0.127 e. The van der Waals surface area contributed by atoms with Crippen LogP contribution in [0, 0.1) is 11.8 Å². The first-order chi connectivity index (χ1) is 9.21. The van der Waals surface area contributed by atoms with Crippen molar-refractivity contribution in [2.75, 3.05) is 21.3 Å². The summed E-state index contributed by atoms with van der Waals surface area (Å²) < 4.78 is 10.8. The van der Waals surface area contributed by atoms with Crippen molar-refractivity contribution in [2.24, 2.45) is 11.8 Å². The van der Waals surface area contributed by atoms with Crippen LogP contribution in [0.2, 0.25) is 0 Å². The molecule has 3 atom stereocenters. The van der Waals surface area contributed by atoms with E-state index in [1.54, 1.807) is 14.2 Å². The van der Waals surface area contributed by atoms with E-state index in [0.29, 0.717) is 12.0 Å². The van der Waals surface area contributed by atoms with Crippen molar-refractivity contribution in [1.29, 1.82) is 0 Å². The van der Waals surface area contributed by atoms with Gasteiger partial charge < -0.3 is 14.8 Å². The van der Waals surface area contributed by atoms with E-state index in [2.05, 4.69) is 18.3 Å². The molecule has 2 rings (SSSR count). The molecule has 106 valence electrons. The Hall–Kier alpha value is -1.22. The summed E-state index contributed by atoms with van der Waals surface area (Å²) in [4.78, 5) is 0. The fraction of sp³-hybridized carbons (Fsp3) is 0.625. The lowest BCUT2D eigenvalue weighted by molar-refractivity contribution is 0.304. The Kier molecular flexibility index (Phi) is 4.70. The highest BCUT2D eigenvalue weighted by molar-refractivity contribution is 5.43. The lowest BCUT2D eigenvalue weighted by Gasteiger charge is -2.28. The van der Waals surface area contributed by atoms with Gasteiger partial charge in [-0.15, -0.1) is 0 Å². The van der Waals surface area contributed by atoms with Crippen LogP contribution in [-0.2, 0) is 0 Å².